The van der Waals surface area contributed by atoms with Gasteiger partial charge < -0.3 is 5.32 Å². The lowest BCUT2D eigenvalue weighted by atomic mass is 9.93. The molecule has 0 unspecified atom stereocenters. The minimum absolute atomic E-state index is 0.0836. The van der Waals surface area contributed by atoms with Crippen molar-refractivity contribution in [2.45, 2.75) is 39.3 Å². The number of nitrogens with zero attached hydrogens (tertiary/aromatic N) is 1. The molecule has 4 heteroatoms. The summed E-state index contributed by atoms with van der Waals surface area (Å²) in [5.41, 5.74) is 1.88. The highest BCUT2D eigenvalue weighted by atomic mass is 32.1. The highest BCUT2D eigenvalue weighted by Gasteiger charge is 2.17. The second kappa shape index (κ2) is 5.80. The summed E-state index contributed by atoms with van der Waals surface area (Å²) in [6.45, 7) is 7.65. The predicted molar refractivity (Wildman–Crippen MR) is 77.8 cm³/mol. The SMILES string of the molecule is CC(C)(C)c1csc(CNCc2ccccc2F)n1. The Bertz CT molecular complexity index is 543. The smallest absolute Gasteiger partial charge is 0.127 e. The van der Waals surface area contributed by atoms with Gasteiger partial charge in [0.05, 0.1) is 5.69 Å². The van der Waals surface area contributed by atoms with Gasteiger partial charge in [-0.25, -0.2) is 9.37 Å². The van der Waals surface area contributed by atoms with E-state index in [9.17, 15) is 4.39 Å². The van der Waals surface area contributed by atoms with E-state index in [2.05, 4.69) is 36.5 Å². The summed E-state index contributed by atoms with van der Waals surface area (Å²) in [7, 11) is 0. The lowest BCUT2D eigenvalue weighted by molar-refractivity contribution is 0.565. The Morgan fingerprint density at radius 3 is 2.58 bits per heavy atom. The maximum Gasteiger partial charge on any atom is 0.127 e. The summed E-state index contributed by atoms with van der Waals surface area (Å²) in [6.07, 6.45) is 0. The topological polar surface area (TPSA) is 24.9 Å². The fraction of sp³-hybridized carbons (Fsp3) is 0.400. The van der Waals surface area contributed by atoms with Crippen LogP contribution in [0.4, 0.5) is 4.39 Å². The van der Waals surface area contributed by atoms with Gasteiger partial charge in [0.1, 0.15) is 10.8 Å². The molecule has 19 heavy (non-hydrogen) atoms. The molecule has 0 atom stereocenters. The van der Waals surface area contributed by atoms with Crippen LogP contribution in [-0.2, 0) is 18.5 Å². The number of hydrogen-bond donors (Lipinski definition) is 1. The fourth-order valence-corrected chi connectivity index (χ4v) is 2.67. The fourth-order valence-electron chi connectivity index (χ4n) is 1.68. The Balaban J connectivity index is 1.90. The standard InChI is InChI=1S/C15H19FN2S/c1-15(2,3)13-10-19-14(18-13)9-17-8-11-6-4-5-7-12(11)16/h4-7,10,17H,8-9H2,1-3H3. The summed E-state index contributed by atoms with van der Waals surface area (Å²) >= 11 is 1.65. The second-order valence-corrected chi connectivity index (χ2v) is 6.51. The average Bonchev–Trinajstić information content (AvgIpc) is 2.80. The van der Waals surface area contributed by atoms with Gasteiger partial charge in [-0.2, -0.15) is 0 Å². The van der Waals surface area contributed by atoms with E-state index in [1.165, 1.54) is 6.07 Å². The highest BCUT2D eigenvalue weighted by molar-refractivity contribution is 7.09. The van der Waals surface area contributed by atoms with Crippen molar-refractivity contribution in [2.24, 2.45) is 0 Å². The third-order valence-corrected chi connectivity index (χ3v) is 3.72. The quantitative estimate of drug-likeness (QED) is 0.918. The number of rotatable bonds is 4. The van der Waals surface area contributed by atoms with Gasteiger partial charge in [-0.3, -0.25) is 0 Å². The van der Waals surface area contributed by atoms with E-state index in [1.807, 2.05) is 6.07 Å². The largest absolute Gasteiger partial charge is 0.306 e. The number of halogens is 1. The van der Waals surface area contributed by atoms with Crippen LogP contribution in [0, 0.1) is 5.82 Å². The normalized spacial score (nSPS) is 11.8. The van der Waals surface area contributed by atoms with Crippen LogP contribution < -0.4 is 5.32 Å². The molecule has 1 N–H and O–H groups in total. The monoisotopic (exact) mass is 278 g/mol. The van der Waals surface area contributed by atoms with E-state index in [1.54, 1.807) is 23.5 Å². The molecule has 0 aliphatic heterocycles. The van der Waals surface area contributed by atoms with Gasteiger partial charge in [0.15, 0.2) is 0 Å². The molecule has 0 bridgehead atoms. The summed E-state index contributed by atoms with van der Waals surface area (Å²) in [4.78, 5) is 4.60. The van der Waals surface area contributed by atoms with Crippen LogP contribution in [0.1, 0.15) is 37.0 Å². The lowest BCUT2D eigenvalue weighted by Crippen LogP contribution is -2.15. The van der Waals surface area contributed by atoms with Crippen molar-refractivity contribution < 1.29 is 4.39 Å². The first kappa shape index (κ1) is 14.2. The van der Waals surface area contributed by atoms with Gasteiger partial charge in [0, 0.05) is 29.4 Å². The molecule has 0 fully saturated rings. The van der Waals surface area contributed by atoms with Gasteiger partial charge in [0.2, 0.25) is 0 Å². The summed E-state index contributed by atoms with van der Waals surface area (Å²) in [5, 5.41) is 6.37. The first-order valence-electron chi connectivity index (χ1n) is 6.36. The molecule has 0 amide bonds. The van der Waals surface area contributed by atoms with Crippen LogP contribution in [0.2, 0.25) is 0 Å². The molecule has 1 aromatic heterocycles. The van der Waals surface area contributed by atoms with E-state index in [-0.39, 0.29) is 11.2 Å². The Morgan fingerprint density at radius 2 is 1.95 bits per heavy atom. The van der Waals surface area contributed by atoms with Crippen molar-refractivity contribution >= 4 is 11.3 Å². The van der Waals surface area contributed by atoms with Crippen LogP contribution in [0.15, 0.2) is 29.6 Å². The van der Waals surface area contributed by atoms with E-state index < -0.39 is 0 Å². The first-order valence-corrected chi connectivity index (χ1v) is 7.24. The van der Waals surface area contributed by atoms with Gasteiger partial charge in [0.25, 0.3) is 0 Å². The van der Waals surface area contributed by atoms with Crippen molar-refractivity contribution in [2.75, 3.05) is 0 Å². The zero-order chi connectivity index (χ0) is 13.9. The Kier molecular flexibility index (Phi) is 4.32. The molecular formula is C15H19FN2S. The lowest BCUT2D eigenvalue weighted by Gasteiger charge is -2.14. The van der Waals surface area contributed by atoms with Crippen LogP contribution in [-0.4, -0.2) is 4.98 Å². The molecular weight excluding hydrogens is 259 g/mol. The van der Waals surface area contributed by atoms with Crippen molar-refractivity contribution in [3.05, 3.63) is 51.7 Å². The molecule has 2 aromatic rings. The van der Waals surface area contributed by atoms with Crippen LogP contribution >= 0.6 is 11.3 Å². The summed E-state index contributed by atoms with van der Waals surface area (Å²) < 4.78 is 13.4. The second-order valence-electron chi connectivity index (χ2n) is 5.57. The van der Waals surface area contributed by atoms with E-state index in [0.717, 1.165) is 10.7 Å². The minimum atomic E-state index is -0.162. The van der Waals surface area contributed by atoms with Crippen LogP contribution in [0.25, 0.3) is 0 Å². The first-order chi connectivity index (χ1) is 8.97. The highest BCUT2D eigenvalue weighted by Crippen LogP contribution is 2.23. The molecule has 0 saturated carbocycles. The number of thiazole rings is 1. The van der Waals surface area contributed by atoms with Gasteiger partial charge >= 0.3 is 0 Å². The molecule has 0 aliphatic rings. The van der Waals surface area contributed by atoms with Crippen molar-refractivity contribution in [3.63, 3.8) is 0 Å². The van der Waals surface area contributed by atoms with Gasteiger partial charge in [-0.05, 0) is 6.07 Å². The maximum absolute atomic E-state index is 13.4. The van der Waals surface area contributed by atoms with E-state index >= 15 is 0 Å². The number of aromatic nitrogens is 1. The van der Waals surface area contributed by atoms with Gasteiger partial charge in [-0.15, -0.1) is 11.3 Å². The average molecular weight is 278 g/mol. The molecule has 2 rings (SSSR count). The Labute approximate surface area is 117 Å². The predicted octanol–water partition coefficient (Wildman–Crippen LogP) is 3.87. The number of benzene rings is 1. The molecule has 0 spiro atoms. The Morgan fingerprint density at radius 1 is 1.21 bits per heavy atom. The van der Waals surface area contributed by atoms with Crippen LogP contribution in [0.3, 0.4) is 0 Å². The minimum Gasteiger partial charge on any atom is -0.306 e. The van der Waals surface area contributed by atoms with E-state index in [4.69, 9.17) is 0 Å². The van der Waals surface area contributed by atoms with Crippen molar-refractivity contribution in [3.8, 4) is 0 Å². The summed E-state index contributed by atoms with van der Waals surface area (Å²) in [5.74, 6) is -0.162. The third-order valence-electron chi connectivity index (χ3n) is 2.87. The Hall–Kier alpha value is -1.26. The molecule has 2 nitrogen and oxygen atoms in total. The summed E-state index contributed by atoms with van der Waals surface area (Å²) in [6, 6.07) is 6.83. The zero-order valence-electron chi connectivity index (χ0n) is 11.5. The van der Waals surface area contributed by atoms with Crippen molar-refractivity contribution in [1.29, 1.82) is 0 Å². The third kappa shape index (κ3) is 3.85. The maximum atomic E-state index is 13.4. The molecule has 0 saturated heterocycles. The molecule has 0 radical (unpaired) electrons. The van der Waals surface area contributed by atoms with Crippen molar-refractivity contribution in [1.82, 2.24) is 10.3 Å². The van der Waals surface area contributed by atoms with Gasteiger partial charge in [-0.1, -0.05) is 39.0 Å². The van der Waals surface area contributed by atoms with E-state index in [0.29, 0.717) is 18.7 Å². The molecule has 0 aliphatic carbocycles. The molecule has 1 heterocycles. The zero-order valence-corrected chi connectivity index (χ0v) is 12.4. The number of nitrogens with one attached hydrogen (secondary N) is 1. The number of hydrogen-bond acceptors (Lipinski definition) is 3. The molecule has 1 aromatic carbocycles. The molecule has 102 valence electrons. The van der Waals surface area contributed by atoms with Crippen LogP contribution in [0.5, 0.6) is 0 Å².